The summed E-state index contributed by atoms with van der Waals surface area (Å²) < 4.78 is 6.04. The SMILES string of the molecule is CN1CCN(C2(COCc3ccccc3)CC2)CC1(C)C. The lowest BCUT2D eigenvalue weighted by Gasteiger charge is -2.48. The van der Waals surface area contributed by atoms with Crippen LogP contribution < -0.4 is 0 Å². The van der Waals surface area contributed by atoms with Crippen LogP contribution in [0.25, 0.3) is 0 Å². The van der Waals surface area contributed by atoms with Crippen molar-refractivity contribution in [3.05, 3.63) is 35.9 Å². The maximum atomic E-state index is 6.04. The highest BCUT2D eigenvalue weighted by Gasteiger charge is 2.50. The summed E-state index contributed by atoms with van der Waals surface area (Å²) >= 11 is 0. The largest absolute Gasteiger partial charge is 0.375 e. The monoisotopic (exact) mass is 288 g/mol. The van der Waals surface area contributed by atoms with Gasteiger partial charge >= 0.3 is 0 Å². The van der Waals surface area contributed by atoms with Crippen LogP contribution in [0.15, 0.2) is 30.3 Å². The van der Waals surface area contributed by atoms with Gasteiger partial charge in [0.2, 0.25) is 0 Å². The van der Waals surface area contributed by atoms with Gasteiger partial charge in [0.15, 0.2) is 0 Å². The summed E-state index contributed by atoms with van der Waals surface area (Å²) in [6.45, 7) is 9.79. The highest BCUT2D eigenvalue weighted by molar-refractivity contribution is 5.14. The van der Waals surface area contributed by atoms with Crippen LogP contribution in [0.4, 0.5) is 0 Å². The first-order chi connectivity index (χ1) is 10.0. The lowest BCUT2D eigenvalue weighted by atomic mass is 9.98. The molecule has 1 aliphatic heterocycles. The molecule has 0 spiro atoms. The molecule has 1 heterocycles. The maximum absolute atomic E-state index is 6.04. The number of hydrogen-bond acceptors (Lipinski definition) is 3. The minimum atomic E-state index is 0.271. The van der Waals surface area contributed by atoms with E-state index in [0.29, 0.717) is 5.54 Å². The van der Waals surface area contributed by atoms with Crippen molar-refractivity contribution in [3.8, 4) is 0 Å². The van der Waals surface area contributed by atoms with Crippen molar-refractivity contribution in [2.75, 3.05) is 33.3 Å². The number of piperazine rings is 1. The molecule has 1 aromatic carbocycles. The molecule has 21 heavy (non-hydrogen) atoms. The van der Waals surface area contributed by atoms with E-state index in [0.717, 1.165) is 26.3 Å². The van der Waals surface area contributed by atoms with Gasteiger partial charge in [-0.1, -0.05) is 30.3 Å². The average molecular weight is 288 g/mol. The molecule has 0 amide bonds. The number of likely N-dealkylation sites (N-methyl/N-ethyl adjacent to an activating group) is 1. The zero-order valence-corrected chi connectivity index (χ0v) is 13.6. The Kier molecular flexibility index (Phi) is 4.08. The second-order valence-corrected chi connectivity index (χ2v) is 7.36. The molecule has 1 saturated heterocycles. The Morgan fingerprint density at radius 3 is 2.43 bits per heavy atom. The highest BCUT2D eigenvalue weighted by atomic mass is 16.5. The van der Waals surface area contributed by atoms with Crippen molar-refractivity contribution in [1.29, 1.82) is 0 Å². The molecule has 1 aromatic rings. The fourth-order valence-corrected chi connectivity index (χ4v) is 3.27. The Labute approximate surface area is 128 Å². The van der Waals surface area contributed by atoms with Crippen LogP contribution in [-0.2, 0) is 11.3 Å². The molecule has 1 aliphatic carbocycles. The van der Waals surface area contributed by atoms with E-state index in [4.69, 9.17) is 4.74 Å². The third-order valence-electron chi connectivity index (χ3n) is 5.30. The first-order valence-electron chi connectivity index (χ1n) is 8.10. The van der Waals surface area contributed by atoms with E-state index in [1.165, 1.54) is 24.9 Å². The molecule has 1 saturated carbocycles. The third-order valence-corrected chi connectivity index (χ3v) is 5.30. The number of benzene rings is 1. The minimum absolute atomic E-state index is 0.271. The summed E-state index contributed by atoms with van der Waals surface area (Å²) in [5.41, 5.74) is 1.87. The van der Waals surface area contributed by atoms with Gasteiger partial charge in [0.25, 0.3) is 0 Å². The highest BCUT2D eigenvalue weighted by Crippen LogP contribution is 2.44. The van der Waals surface area contributed by atoms with E-state index in [9.17, 15) is 0 Å². The molecule has 0 atom stereocenters. The number of nitrogens with zero attached hydrogens (tertiary/aromatic N) is 2. The standard InChI is InChI=1S/C18H28N2O/c1-17(2)14-20(12-11-19(17)3)18(9-10-18)15-21-13-16-7-5-4-6-8-16/h4-8H,9-15H2,1-3H3. The number of hydrogen-bond donors (Lipinski definition) is 0. The fraction of sp³-hybridized carbons (Fsp3) is 0.667. The predicted octanol–water partition coefficient (Wildman–Crippen LogP) is 2.76. The normalized spacial score (nSPS) is 24.9. The second kappa shape index (κ2) is 5.71. The van der Waals surface area contributed by atoms with Crippen LogP contribution in [0.2, 0.25) is 0 Å². The van der Waals surface area contributed by atoms with E-state index in [2.05, 4.69) is 61.0 Å². The van der Waals surface area contributed by atoms with Gasteiger partial charge in [-0.15, -0.1) is 0 Å². The van der Waals surface area contributed by atoms with Crippen LogP contribution in [0.1, 0.15) is 32.3 Å². The van der Waals surface area contributed by atoms with Crippen molar-refractivity contribution in [1.82, 2.24) is 9.80 Å². The molecule has 0 aromatic heterocycles. The van der Waals surface area contributed by atoms with Crippen LogP contribution in [-0.4, -0.2) is 54.2 Å². The quantitative estimate of drug-likeness (QED) is 0.828. The van der Waals surface area contributed by atoms with Crippen molar-refractivity contribution in [2.45, 2.75) is 44.4 Å². The second-order valence-electron chi connectivity index (χ2n) is 7.36. The molecular formula is C18H28N2O. The molecule has 3 heteroatoms. The Balaban J connectivity index is 1.53. The molecule has 0 unspecified atom stereocenters. The summed E-state index contributed by atoms with van der Waals surface area (Å²) in [5.74, 6) is 0. The zero-order valence-electron chi connectivity index (χ0n) is 13.6. The average Bonchev–Trinajstić information content (AvgIpc) is 3.24. The Morgan fingerprint density at radius 1 is 1.10 bits per heavy atom. The van der Waals surface area contributed by atoms with Gasteiger partial charge in [0.1, 0.15) is 0 Å². The van der Waals surface area contributed by atoms with Crippen LogP contribution in [0, 0.1) is 0 Å². The first kappa shape index (κ1) is 15.0. The summed E-state index contributed by atoms with van der Waals surface area (Å²) in [5, 5.41) is 0. The molecule has 0 N–H and O–H groups in total. The molecular weight excluding hydrogens is 260 g/mol. The van der Waals surface area contributed by atoms with Crippen molar-refractivity contribution in [2.24, 2.45) is 0 Å². The molecule has 2 aliphatic rings. The first-order valence-corrected chi connectivity index (χ1v) is 8.10. The van der Waals surface area contributed by atoms with E-state index < -0.39 is 0 Å². The van der Waals surface area contributed by atoms with Crippen molar-refractivity contribution >= 4 is 0 Å². The third kappa shape index (κ3) is 3.31. The van der Waals surface area contributed by atoms with Gasteiger partial charge in [-0.25, -0.2) is 0 Å². The van der Waals surface area contributed by atoms with Gasteiger partial charge in [0.05, 0.1) is 13.2 Å². The molecule has 116 valence electrons. The van der Waals surface area contributed by atoms with Crippen LogP contribution in [0.5, 0.6) is 0 Å². The number of rotatable bonds is 5. The molecule has 3 rings (SSSR count). The summed E-state index contributed by atoms with van der Waals surface area (Å²) in [6, 6.07) is 10.5. The van der Waals surface area contributed by atoms with Gasteiger partial charge in [-0.2, -0.15) is 0 Å². The van der Waals surface area contributed by atoms with Gasteiger partial charge in [-0.3, -0.25) is 9.80 Å². The summed E-state index contributed by atoms with van der Waals surface area (Å²) in [4.78, 5) is 5.16. The summed E-state index contributed by atoms with van der Waals surface area (Å²) in [7, 11) is 2.24. The predicted molar refractivity (Wildman–Crippen MR) is 86.3 cm³/mol. The van der Waals surface area contributed by atoms with E-state index in [1.54, 1.807) is 0 Å². The van der Waals surface area contributed by atoms with Crippen molar-refractivity contribution in [3.63, 3.8) is 0 Å². The van der Waals surface area contributed by atoms with Gasteiger partial charge < -0.3 is 4.74 Å². The minimum Gasteiger partial charge on any atom is -0.375 e. The van der Waals surface area contributed by atoms with E-state index >= 15 is 0 Å². The van der Waals surface area contributed by atoms with Crippen LogP contribution in [0.3, 0.4) is 0 Å². The molecule has 3 nitrogen and oxygen atoms in total. The lowest BCUT2D eigenvalue weighted by molar-refractivity contribution is -0.0254. The van der Waals surface area contributed by atoms with E-state index in [1.807, 2.05) is 0 Å². The Bertz CT molecular complexity index is 467. The molecule has 2 fully saturated rings. The smallest absolute Gasteiger partial charge is 0.0717 e. The van der Waals surface area contributed by atoms with Gasteiger partial charge in [0, 0.05) is 30.7 Å². The topological polar surface area (TPSA) is 15.7 Å². The summed E-state index contributed by atoms with van der Waals surface area (Å²) in [6.07, 6.45) is 2.59. The fourth-order valence-electron chi connectivity index (χ4n) is 3.27. The van der Waals surface area contributed by atoms with Crippen molar-refractivity contribution < 1.29 is 4.74 Å². The van der Waals surface area contributed by atoms with E-state index in [-0.39, 0.29) is 5.54 Å². The Hall–Kier alpha value is -0.900. The number of ether oxygens (including phenoxy) is 1. The zero-order chi connectivity index (χ0) is 14.9. The molecule has 0 radical (unpaired) electrons. The molecule has 0 bridgehead atoms. The van der Waals surface area contributed by atoms with Gasteiger partial charge in [-0.05, 0) is 39.3 Å². The Morgan fingerprint density at radius 2 is 1.81 bits per heavy atom. The maximum Gasteiger partial charge on any atom is 0.0717 e. The lowest BCUT2D eigenvalue weighted by Crippen LogP contribution is -2.61. The van der Waals surface area contributed by atoms with Crippen LogP contribution >= 0.6 is 0 Å².